The fraction of sp³-hybridized carbons (Fsp3) is 0.0500. The van der Waals surface area contributed by atoms with Crippen LogP contribution in [0.4, 0.5) is 4.53 Å². The lowest BCUT2D eigenvalue weighted by molar-refractivity contribution is -0.00618. The molecule has 0 aliphatic heterocycles. The minimum Gasteiger partial charge on any atom is -0.355 e. The first-order valence-corrected chi connectivity index (χ1v) is 7.53. The Balaban J connectivity index is 1.82. The van der Waals surface area contributed by atoms with Crippen molar-refractivity contribution in [2.24, 2.45) is 0 Å². The lowest BCUT2D eigenvalue weighted by atomic mass is 9.99. The summed E-state index contributed by atoms with van der Waals surface area (Å²) in [5.74, 6) is 0.0872. The van der Waals surface area contributed by atoms with Crippen LogP contribution in [-0.2, 0) is 0 Å². The SMILES string of the molecule is CNC(=O)c1ccc(-c2ccc(-c3ccc(OF)cc3)cc2)cc1. The number of nitrogens with one attached hydrogen (secondary N) is 1. The number of benzene rings is 3. The van der Waals surface area contributed by atoms with E-state index in [-0.39, 0.29) is 11.7 Å². The van der Waals surface area contributed by atoms with Crippen LogP contribution in [0.3, 0.4) is 0 Å². The molecule has 0 bridgehead atoms. The number of amides is 1. The Kier molecular flexibility index (Phi) is 4.57. The first-order chi connectivity index (χ1) is 11.7. The van der Waals surface area contributed by atoms with E-state index in [4.69, 9.17) is 0 Å². The van der Waals surface area contributed by atoms with Crippen LogP contribution in [0.25, 0.3) is 22.3 Å². The van der Waals surface area contributed by atoms with E-state index < -0.39 is 0 Å². The normalized spacial score (nSPS) is 10.2. The molecule has 1 amide bonds. The zero-order chi connectivity index (χ0) is 16.9. The summed E-state index contributed by atoms with van der Waals surface area (Å²) in [6.45, 7) is 0. The van der Waals surface area contributed by atoms with Gasteiger partial charge in [-0.05, 0) is 46.5 Å². The molecule has 0 spiro atoms. The average Bonchev–Trinajstić information content (AvgIpc) is 2.68. The highest BCUT2D eigenvalue weighted by Crippen LogP contribution is 2.26. The predicted molar refractivity (Wildman–Crippen MR) is 92.4 cm³/mol. The minimum absolute atomic E-state index is 0.0994. The first-order valence-electron chi connectivity index (χ1n) is 7.53. The molecule has 3 rings (SSSR count). The van der Waals surface area contributed by atoms with Gasteiger partial charge in [0, 0.05) is 17.1 Å². The van der Waals surface area contributed by atoms with Gasteiger partial charge in [0.1, 0.15) is 0 Å². The largest absolute Gasteiger partial charge is 0.355 e. The van der Waals surface area contributed by atoms with Crippen LogP contribution in [0.15, 0.2) is 72.8 Å². The van der Waals surface area contributed by atoms with Crippen molar-refractivity contribution in [2.45, 2.75) is 0 Å². The summed E-state index contributed by atoms with van der Waals surface area (Å²) in [6.07, 6.45) is 0. The fourth-order valence-corrected chi connectivity index (χ4v) is 2.51. The van der Waals surface area contributed by atoms with Crippen LogP contribution in [0.5, 0.6) is 5.75 Å². The van der Waals surface area contributed by atoms with Crippen LogP contribution in [0.2, 0.25) is 0 Å². The van der Waals surface area contributed by atoms with Crippen LogP contribution in [-0.4, -0.2) is 13.0 Å². The Morgan fingerprint density at radius 2 is 1.12 bits per heavy atom. The van der Waals surface area contributed by atoms with E-state index >= 15 is 0 Å². The molecule has 4 heteroatoms. The molecule has 0 aliphatic carbocycles. The molecular formula is C20H16FNO2. The fourth-order valence-electron chi connectivity index (χ4n) is 2.51. The van der Waals surface area contributed by atoms with E-state index in [0.717, 1.165) is 22.3 Å². The highest BCUT2D eigenvalue weighted by molar-refractivity contribution is 5.94. The second-order valence-electron chi connectivity index (χ2n) is 5.34. The molecule has 0 radical (unpaired) electrons. The van der Waals surface area contributed by atoms with Gasteiger partial charge < -0.3 is 5.32 Å². The van der Waals surface area contributed by atoms with E-state index in [2.05, 4.69) is 10.3 Å². The Morgan fingerprint density at radius 3 is 1.50 bits per heavy atom. The van der Waals surface area contributed by atoms with E-state index in [0.29, 0.717) is 5.56 Å². The smallest absolute Gasteiger partial charge is 0.251 e. The van der Waals surface area contributed by atoms with Crippen molar-refractivity contribution in [3.8, 4) is 28.0 Å². The van der Waals surface area contributed by atoms with Crippen molar-refractivity contribution in [3.05, 3.63) is 78.4 Å². The summed E-state index contributed by atoms with van der Waals surface area (Å²) in [5, 5.41) is 2.60. The maximum absolute atomic E-state index is 12.1. The number of rotatable bonds is 4. The van der Waals surface area contributed by atoms with E-state index in [1.54, 1.807) is 31.3 Å². The standard InChI is InChI=1S/C20H16FNO2/c1-22-20(23)18-8-6-16(7-9-18)14-2-4-15(5-3-14)17-10-12-19(24-21)13-11-17/h2-13H,1H3,(H,22,23). The number of hydrogen-bond acceptors (Lipinski definition) is 2. The highest BCUT2D eigenvalue weighted by atomic mass is 19.3. The molecule has 3 aromatic carbocycles. The van der Waals surface area contributed by atoms with Crippen LogP contribution in [0, 0.1) is 0 Å². The third-order valence-electron chi connectivity index (χ3n) is 3.87. The molecule has 0 saturated heterocycles. The molecule has 24 heavy (non-hydrogen) atoms. The van der Waals surface area contributed by atoms with Crippen LogP contribution >= 0.6 is 0 Å². The van der Waals surface area contributed by atoms with E-state index in [1.165, 1.54) is 0 Å². The maximum atomic E-state index is 12.1. The van der Waals surface area contributed by atoms with Gasteiger partial charge in [0.15, 0.2) is 5.75 Å². The number of carbonyl (C=O) groups excluding carboxylic acids is 1. The Labute approximate surface area is 139 Å². The summed E-state index contributed by atoms with van der Waals surface area (Å²) < 4.78 is 12.1. The first kappa shape index (κ1) is 15.7. The zero-order valence-corrected chi connectivity index (χ0v) is 13.1. The topological polar surface area (TPSA) is 38.3 Å². The van der Waals surface area contributed by atoms with Gasteiger partial charge in [0.25, 0.3) is 5.91 Å². The van der Waals surface area contributed by atoms with Gasteiger partial charge in [-0.2, -0.15) is 0 Å². The summed E-state index contributed by atoms with van der Waals surface area (Å²) >= 11 is 0. The van der Waals surface area contributed by atoms with Gasteiger partial charge >= 0.3 is 0 Å². The number of carbonyl (C=O) groups is 1. The summed E-state index contributed by atoms with van der Waals surface area (Å²) in [4.78, 5) is 15.3. The van der Waals surface area contributed by atoms with E-state index in [1.807, 2.05) is 48.5 Å². The summed E-state index contributed by atoms with van der Waals surface area (Å²) in [7, 11) is 1.61. The van der Waals surface area contributed by atoms with Gasteiger partial charge in [-0.25, -0.2) is 0 Å². The van der Waals surface area contributed by atoms with Gasteiger partial charge in [-0.3, -0.25) is 9.74 Å². The van der Waals surface area contributed by atoms with Crippen molar-refractivity contribution in [2.75, 3.05) is 7.05 Å². The highest BCUT2D eigenvalue weighted by Gasteiger charge is 2.04. The van der Waals surface area contributed by atoms with Crippen molar-refractivity contribution >= 4 is 5.91 Å². The lowest BCUT2D eigenvalue weighted by Gasteiger charge is -2.06. The molecule has 0 aliphatic rings. The molecule has 3 aromatic rings. The molecule has 0 fully saturated rings. The molecule has 1 N–H and O–H groups in total. The van der Waals surface area contributed by atoms with Crippen molar-refractivity contribution in [3.63, 3.8) is 0 Å². The maximum Gasteiger partial charge on any atom is 0.251 e. The lowest BCUT2D eigenvalue weighted by Crippen LogP contribution is -2.17. The number of halogens is 1. The van der Waals surface area contributed by atoms with Crippen molar-refractivity contribution < 1.29 is 14.3 Å². The summed E-state index contributed by atoms with van der Waals surface area (Å²) in [5.41, 5.74) is 4.75. The van der Waals surface area contributed by atoms with Gasteiger partial charge in [0.2, 0.25) is 0 Å². The van der Waals surface area contributed by atoms with Crippen molar-refractivity contribution in [1.82, 2.24) is 5.32 Å². The third-order valence-corrected chi connectivity index (χ3v) is 3.87. The van der Waals surface area contributed by atoms with Gasteiger partial charge in [-0.1, -0.05) is 48.5 Å². The Hall–Kier alpha value is -3.14. The second-order valence-corrected chi connectivity index (χ2v) is 5.34. The second kappa shape index (κ2) is 6.96. The molecule has 0 unspecified atom stereocenters. The monoisotopic (exact) mass is 321 g/mol. The predicted octanol–water partition coefficient (Wildman–Crippen LogP) is 4.64. The molecule has 0 atom stereocenters. The third kappa shape index (κ3) is 3.27. The van der Waals surface area contributed by atoms with Crippen molar-refractivity contribution in [1.29, 1.82) is 0 Å². The molecule has 3 nitrogen and oxygen atoms in total. The van der Waals surface area contributed by atoms with Crippen LogP contribution in [0.1, 0.15) is 10.4 Å². The van der Waals surface area contributed by atoms with Gasteiger partial charge in [0.05, 0.1) is 0 Å². The molecule has 0 saturated carbocycles. The average molecular weight is 321 g/mol. The number of hydrogen-bond donors (Lipinski definition) is 1. The molecule has 120 valence electrons. The van der Waals surface area contributed by atoms with Gasteiger partial charge in [-0.15, -0.1) is 0 Å². The molecule has 0 heterocycles. The zero-order valence-electron chi connectivity index (χ0n) is 13.1. The Morgan fingerprint density at radius 1 is 0.750 bits per heavy atom. The van der Waals surface area contributed by atoms with Crippen LogP contribution < -0.4 is 10.3 Å². The minimum atomic E-state index is -0.0994. The molecular weight excluding hydrogens is 305 g/mol. The quantitative estimate of drug-likeness (QED) is 0.760. The van der Waals surface area contributed by atoms with E-state index in [9.17, 15) is 9.32 Å². The summed E-state index contributed by atoms with van der Waals surface area (Å²) in [6, 6.07) is 22.3. The Bertz CT molecular complexity index is 825. The molecule has 0 aromatic heterocycles.